The molecule has 0 heterocycles. The van der Waals surface area contributed by atoms with Crippen molar-refractivity contribution < 1.29 is 0 Å². The second-order valence-corrected chi connectivity index (χ2v) is 5.73. The van der Waals surface area contributed by atoms with E-state index in [0.717, 1.165) is 11.4 Å². The van der Waals surface area contributed by atoms with E-state index in [9.17, 15) is 0 Å². The number of halogens is 1. The van der Waals surface area contributed by atoms with E-state index in [4.69, 9.17) is 17.3 Å². The van der Waals surface area contributed by atoms with E-state index in [2.05, 4.69) is 16.0 Å². The van der Waals surface area contributed by atoms with E-state index in [-0.39, 0.29) is 0 Å². The van der Waals surface area contributed by atoms with Crippen LogP contribution >= 0.6 is 11.6 Å². The lowest BCUT2D eigenvalue weighted by Crippen LogP contribution is -2.36. The third kappa shape index (κ3) is 2.46. The highest BCUT2D eigenvalue weighted by molar-refractivity contribution is 6.30. The van der Waals surface area contributed by atoms with Gasteiger partial charge >= 0.3 is 0 Å². The van der Waals surface area contributed by atoms with Crippen LogP contribution in [0.4, 0.5) is 0 Å². The summed E-state index contributed by atoms with van der Waals surface area (Å²) < 4.78 is 0. The lowest BCUT2D eigenvalue weighted by molar-refractivity contribution is 0.487. The quantitative estimate of drug-likeness (QED) is 0.673. The van der Waals surface area contributed by atoms with Gasteiger partial charge in [0.2, 0.25) is 0 Å². The first kappa shape index (κ1) is 11.8. The minimum absolute atomic E-state index is 0.338. The Bertz CT molecular complexity index is 482. The number of nitrogens with zero attached hydrogens (tertiary/aromatic N) is 2. The summed E-state index contributed by atoms with van der Waals surface area (Å²) in [6.07, 6.45) is 3.57. The predicted octanol–water partition coefficient (Wildman–Crippen LogP) is 2.60. The van der Waals surface area contributed by atoms with Gasteiger partial charge in [0.25, 0.3) is 0 Å². The largest absolute Gasteiger partial charge is 0.370 e. The Labute approximate surface area is 113 Å². The molecule has 3 nitrogen and oxygen atoms in total. The van der Waals surface area contributed by atoms with Gasteiger partial charge in [0.05, 0.1) is 6.04 Å². The van der Waals surface area contributed by atoms with Gasteiger partial charge in [0, 0.05) is 24.0 Å². The summed E-state index contributed by atoms with van der Waals surface area (Å²) in [6, 6.07) is 9.01. The monoisotopic (exact) mass is 263 g/mol. The van der Waals surface area contributed by atoms with Gasteiger partial charge in [-0.3, -0.25) is 0 Å². The summed E-state index contributed by atoms with van der Waals surface area (Å²) >= 11 is 6.00. The normalized spacial score (nSPS) is 27.1. The smallest absolute Gasteiger partial charge is 0.191 e. The summed E-state index contributed by atoms with van der Waals surface area (Å²) in [4.78, 5) is 6.72. The molecule has 0 bridgehead atoms. The Kier molecular flexibility index (Phi) is 2.94. The number of nitrogens with two attached hydrogens (primary N) is 1. The summed E-state index contributed by atoms with van der Waals surface area (Å²) in [6.45, 7) is 0. The molecule has 0 amide bonds. The van der Waals surface area contributed by atoms with Crippen molar-refractivity contribution in [1.82, 2.24) is 4.90 Å². The molecule has 2 unspecified atom stereocenters. The topological polar surface area (TPSA) is 41.6 Å². The molecule has 96 valence electrons. The van der Waals surface area contributed by atoms with E-state index < -0.39 is 0 Å². The SMILES string of the molecule is CN(C(N)=NC1CC1c1cccc(Cl)c1)C1CC1. The van der Waals surface area contributed by atoms with E-state index >= 15 is 0 Å². The fourth-order valence-corrected chi connectivity index (χ4v) is 2.53. The van der Waals surface area contributed by atoms with E-state index in [1.807, 2.05) is 25.2 Å². The van der Waals surface area contributed by atoms with Crippen molar-refractivity contribution in [2.45, 2.75) is 37.3 Å². The second-order valence-electron chi connectivity index (χ2n) is 5.29. The van der Waals surface area contributed by atoms with E-state index in [1.165, 1.54) is 18.4 Å². The lowest BCUT2D eigenvalue weighted by Gasteiger charge is -2.16. The highest BCUT2D eigenvalue weighted by atomic mass is 35.5. The Morgan fingerprint density at radius 2 is 2.22 bits per heavy atom. The molecule has 2 aliphatic rings. The molecule has 2 atom stereocenters. The van der Waals surface area contributed by atoms with Crippen LogP contribution in [0.25, 0.3) is 0 Å². The van der Waals surface area contributed by atoms with Gasteiger partial charge in [0.1, 0.15) is 0 Å². The van der Waals surface area contributed by atoms with Crippen molar-refractivity contribution >= 4 is 17.6 Å². The van der Waals surface area contributed by atoms with Crippen LogP contribution in [0.1, 0.15) is 30.7 Å². The molecule has 2 aliphatic carbocycles. The van der Waals surface area contributed by atoms with Gasteiger partial charge in [-0.15, -0.1) is 0 Å². The van der Waals surface area contributed by atoms with Gasteiger partial charge < -0.3 is 10.6 Å². The molecule has 1 aromatic rings. The van der Waals surface area contributed by atoms with Gasteiger partial charge in [-0.05, 0) is 37.0 Å². The number of hydrogen-bond donors (Lipinski definition) is 1. The molecule has 18 heavy (non-hydrogen) atoms. The zero-order chi connectivity index (χ0) is 12.7. The Balaban J connectivity index is 1.65. The maximum atomic E-state index is 6.02. The van der Waals surface area contributed by atoms with Crippen molar-refractivity contribution in [3.05, 3.63) is 34.9 Å². The van der Waals surface area contributed by atoms with Crippen molar-refractivity contribution in [3.8, 4) is 0 Å². The molecule has 4 heteroatoms. The summed E-state index contributed by atoms with van der Waals surface area (Å²) in [5, 5.41) is 0.796. The van der Waals surface area contributed by atoms with Gasteiger partial charge in [0.15, 0.2) is 5.96 Å². The molecule has 0 aromatic heterocycles. The van der Waals surface area contributed by atoms with E-state index in [0.29, 0.717) is 24.0 Å². The highest BCUT2D eigenvalue weighted by Gasteiger charge is 2.39. The molecule has 0 radical (unpaired) electrons. The lowest BCUT2D eigenvalue weighted by atomic mass is 10.1. The van der Waals surface area contributed by atoms with Gasteiger partial charge in [-0.25, -0.2) is 4.99 Å². The number of guanidine groups is 1. The molecule has 0 aliphatic heterocycles. The Morgan fingerprint density at radius 3 is 2.89 bits per heavy atom. The minimum Gasteiger partial charge on any atom is -0.370 e. The summed E-state index contributed by atoms with van der Waals surface area (Å²) in [7, 11) is 2.03. The number of aliphatic imine (C=N–C) groups is 1. The predicted molar refractivity (Wildman–Crippen MR) is 75.0 cm³/mol. The third-order valence-corrected chi connectivity index (χ3v) is 4.02. The molecule has 2 saturated carbocycles. The minimum atomic E-state index is 0.338. The van der Waals surface area contributed by atoms with Crippen LogP contribution < -0.4 is 5.73 Å². The van der Waals surface area contributed by atoms with Gasteiger partial charge in [-0.2, -0.15) is 0 Å². The van der Waals surface area contributed by atoms with E-state index in [1.54, 1.807) is 0 Å². The highest BCUT2D eigenvalue weighted by Crippen LogP contribution is 2.44. The first-order valence-electron chi connectivity index (χ1n) is 6.46. The van der Waals surface area contributed by atoms with Crippen molar-refractivity contribution in [1.29, 1.82) is 0 Å². The fraction of sp³-hybridized carbons (Fsp3) is 0.500. The molecule has 3 rings (SSSR count). The molecule has 2 N–H and O–H groups in total. The van der Waals surface area contributed by atoms with Crippen molar-refractivity contribution in [2.75, 3.05) is 7.05 Å². The Hall–Kier alpha value is -1.22. The van der Waals surface area contributed by atoms with Crippen molar-refractivity contribution in [3.63, 3.8) is 0 Å². The third-order valence-electron chi connectivity index (χ3n) is 3.79. The number of benzene rings is 1. The van der Waals surface area contributed by atoms with Crippen LogP contribution in [-0.4, -0.2) is 30.0 Å². The zero-order valence-corrected chi connectivity index (χ0v) is 11.3. The van der Waals surface area contributed by atoms with Crippen LogP contribution in [0.2, 0.25) is 5.02 Å². The van der Waals surface area contributed by atoms with Crippen LogP contribution in [0, 0.1) is 0 Å². The summed E-state index contributed by atoms with van der Waals surface area (Å²) in [5.41, 5.74) is 7.30. The van der Waals surface area contributed by atoms with Crippen molar-refractivity contribution in [2.24, 2.45) is 10.7 Å². The molecule has 0 spiro atoms. The maximum absolute atomic E-state index is 6.02. The Morgan fingerprint density at radius 1 is 1.44 bits per heavy atom. The van der Waals surface area contributed by atoms with Crippen LogP contribution in [0.5, 0.6) is 0 Å². The van der Waals surface area contributed by atoms with Gasteiger partial charge in [-0.1, -0.05) is 23.7 Å². The number of rotatable bonds is 3. The standard InChI is InChI=1S/C14H18ClN3/c1-18(11-5-6-11)14(16)17-13-8-12(13)9-3-2-4-10(15)7-9/h2-4,7,11-13H,5-6,8H2,1H3,(H2,16,17). The maximum Gasteiger partial charge on any atom is 0.191 e. The molecule has 2 fully saturated rings. The molecule has 1 aromatic carbocycles. The molecule has 0 saturated heterocycles. The zero-order valence-electron chi connectivity index (χ0n) is 10.5. The summed E-state index contributed by atoms with van der Waals surface area (Å²) in [5.74, 6) is 1.18. The first-order chi connectivity index (χ1) is 8.65. The first-order valence-corrected chi connectivity index (χ1v) is 6.84. The number of hydrogen-bond acceptors (Lipinski definition) is 1. The van der Waals surface area contributed by atoms with Crippen LogP contribution in [-0.2, 0) is 0 Å². The average molecular weight is 264 g/mol. The molecular formula is C14H18ClN3. The molecular weight excluding hydrogens is 246 g/mol. The fourth-order valence-electron chi connectivity index (χ4n) is 2.33. The second kappa shape index (κ2) is 4.47. The average Bonchev–Trinajstić information content (AvgIpc) is 3.22. The van der Waals surface area contributed by atoms with Crippen LogP contribution in [0.15, 0.2) is 29.3 Å². The van der Waals surface area contributed by atoms with Crippen LogP contribution in [0.3, 0.4) is 0 Å².